The largest absolute Gasteiger partial charge is 0.366 e. The van der Waals surface area contributed by atoms with Gasteiger partial charge in [0.15, 0.2) is 5.82 Å². The standard InChI is InChI=1S/C21H27N7O2/c1-4-27-21(30)26(3)17-12-23-20(25-19(17)28(27)15-7-5-6-8-15)24-16-11-14(18(22)29)10-9-13(16)2/h9-12,15H,4-8H2,1-3H3,(H2,22,29)(H,23,24,25). The Kier molecular flexibility index (Phi) is 5.19. The number of rotatable bonds is 5. The Bertz CT molecular complexity index is 987. The molecular weight excluding hydrogens is 382 g/mol. The molecule has 2 aliphatic rings. The summed E-state index contributed by atoms with van der Waals surface area (Å²) < 4.78 is 0. The van der Waals surface area contributed by atoms with E-state index in [-0.39, 0.29) is 12.1 Å². The Hall–Kier alpha value is -3.36. The summed E-state index contributed by atoms with van der Waals surface area (Å²) in [4.78, 5) is 35.2. The van der Waals surface area contributed by atoms with Crippen LogP contribution in [0.15, 0.2) is 24.4 Å². The lowest BCUT2D eigenvalue weighted by Crippen LogP contribution is -2.59. The van der Waals surface area contributed by atoms with Crippen LogP contribution in [-0.4, -0.2) is 46.5 Å². The third kappa shape index (κ3) is 3.40. The molecule has 0 bridgehead atoms. The summed E-state index contributed by atoms with van der Waals surface area (Å²) in [5.74, 6) is 0.628. The van der Waals surface area contributed by atoms with Gasteiger partial charge in [-0.3, -0.25) is 14.7 Å². The van der Waals surface area contributed by atoms with Gasteiger partial charge >= 0.3 is 6.03 Å². The van der Waals surface area contributed by atoms with Crippen molar-refractivity contribution in [1.82, 2.24) is 15.0 Å². The second-order valence-electron chi connectivity index (χ2n) is 7.76. The highest BCUT2D eigenvalue weighted by Gasteiger charge is 2.39. The maximum Gasteiger partial charge on any atom is 0.343 e. The van der Waals surface area contributed by atoms with Crippen LogP contribution in [-0.2, 0) is 0 Å². The lowest BCUT2D eigenvalue weighted by Gasteiger charge is -2.45. The third-order valence-corrected chi connectivity index (χ3v) is 5.83. The van der Waals surface area contributed by atoms with E-state index >= 15 is 0 Å². The van der Waals surface area contributed by atoms with Crippen LogP contribution in [0.3, 0.4) is 0 Å². The monoisotopic (exact) mass is 409 g/mol. The number of anilines is 4. The number of nitrogens with zero attached hydrogens (tertiary/aromatic N) is 5. The van der Waals surface area contributed by atoms with Crippen LogP contribution in [0.2, 0.25) is 0 Å². The molecule has 9 nitrogen and oxygen atoms in total. The number of nitrogens with two attached hydrogens (primary N) is 1. The zero-order valence-corrected chi connectivity index (χ0v) is 17.6. The number of carbonyl (C=O) groups excluding carboxylic acids is 2. The number of urea groups is 1. The van der Waals surface area contributed by atoms with Gasteiger partial charge in [0.25, 0.3) is 0 Å². The normalized spacial score (nSPS) is 16.8. The van der Waals surface area contributed by atoms with Gasteiger partial charge in [-0.15, -0.1) is 0 Å². The van der Waals surface area contributed by atoms with Crippen LogP contribution < -0.4 is 21.0 Å². The van der Waals surface area contributed by atoms with Gasteiger partial charge in [-0.25, -0.2) is 14.8 Å². The number of fused-ring (bicyclic) bond motifs is 1. The van der Waals surface area contributed by atoms with Gasteiger partial charge in [-0.1, -0.05) is 18.9 Å². The van der Waals surface area contributed by atoms with E-state index in [9.17, 15) is 9.59 Å². The van der Waals surface area contributed by atoms with Crippen molar-refractivity contribution in [2.24, 2.45) is 5.73 Å². The summed E-state index contributed by atoms with van der Waals surface area (Å²) in [5, 5.41) is 7.01. The van der Waals surface area contributed by atoms with E-state index in [2.05, 4.69) is 10.3 Å². The number of hydrazine groups is 1. The predicted octanol–water partition coefficient (Wildman–Crippen LogP) is 3.18. The van der Waals surface area contributed by atoms with Gasteiger partial charge in [0.1, 0.15) is 5.69 Å². The van der Waals surface area contributed by atoms with E-state index in [1.807, 2.05) is 24.9 Å². The molecule has 0 saturated heterocycles. The number of hydrogen-bond donors (Lipinski definition) is 2. The van der Waals surface area contributed by atoms with Crippen molar-refractivity contribution in [1.29, 1.82) is 0 Å². The summed E-state index contributed by atoms with van der Waals surface area (Å²) in [7, 11) is 1.74. The van der Waals surface area contributed by atoms with Crippen molar-refractivity contribution in [3.63, 3.8) is 0 Å². The average Bonchev–Trinajstić information content (AvgIpc) is 3.26. The summed E-state index contributed by atoms with van der Waals surface area (Å²) in [6.07, 6.45) is 6.02. The molecule has 30 heavy (non-hydrogen) atoms. The number of aromatic nitrogens is 2. The van der Waals surface area contributed by atoms with Crippen LogP contribution in [0, 0.1) is 6.92 Å². The second-order valence-corrected chi connectivity index (χ2v) is 7.76. The molecule has 0 atom stereocenters. The number of carbonyl (C=O) groups is 2. The first-order valence-electron chi connectivity index (χ1n) is 10.3. The van der Waals surface area contributed by atoms with Gasteiger partial charge in [-0.05, 0) is 44.4 Å². The van der Waals surface area contributed by atoms with Gasteiger partial charge in [0, 0.05) is 24.8 Å². The topological polar surface area (TPSA) is 108 Å². The van der Waals surface area contributed by atoms with E-state index in [0.717, 1.165) is 31.2 Å². The Morgan fingerprint density at radius 2 is 2.03 bits per heavy atom. The molecule has 0 unspecified atom stereocenters. The molecule has 1 aliphatic carbocycles. The first kappa shape index (κ1) is 19.9. The molecule has 3 amide bonds. The fourth-order valence-corrected chi connectivity index (χ4v) is 4.15. The van der Waals surface area contributed by atoms with Crippen molar-refractivity contribution in [3.05, 3.63) is 35.5 Å². The van der Waals surface area contributed by atoms with E-state index in [1.54, 1.807) is 35.3 Å². The van der Waals surface area contributed by atoms with Crippen molar-refractivity contribution >= 4 is 35.1 Å². The maximum absolute atomic E-state index is 12.9. The molecular formula is C21H27N7O2. The smallest absolute Gasteiger partial charge is 0.343 e. The third-order valence-electron chi connectivity index (χ3n) is 5.83. The van der Waals surface area contributed by atoms with Crippen LogP contribution in [0.1, 0.15) is 48.5 Å². The number of amides is 3. The number of primary amides is 1. The minimum Gasteiger partial charge on any atom is -0.366 e. The van der Waals surface area contributed by atoms with Crippen LogP contribution in [0.25, 0.3) is 0 Å². The van der Waals surface area contributed by atoms with Gasteiger partial charge in [-0.2, -0.15) is 4.98 Å². The second kappa shape index (κ2) is 7.81. The first-order chi connectivity index (χ1) is 14.4. The minimum absolute atomic E-state index is 0.0776. The molecule has 2 heterocycles. The highest BCUT2D eigenvalue weighted by Crippen LogP contribution is 2.39. The zero-order chi connectivity index (χ0) is 21.4. The molecule has 9 heteroatoms. The number of benzene rings is 1. The molecule has 2 aromatic rings. The minimum atomic E-state index is -0.490. The Labute approximate surface area is 175 Å². The van der Waals surface area contributed by atoms with Gasteiger partial charge < -0.3 is 11.1 Å². The summed E-state index contributed by atoms with van der Waals surface area (Å²) in [6, 6.07) is 5.38. The van der Waals surface area contributed by atoms with Crippen LogP contribution in [0.4, 0.5) is 27.9 Å². The average molecular weight is 409 g/mol. The predicted molar refractivity (Wildman–Crippen MR) is 116 cm³/mol. The molecule has 0 spiro atoms. The Morgan fingerprint density at radius 3 is 2.70 bits per heavy atom. The number of aryl methyl sites for hydroxylation is 1. The Balaban J connectivity index is 1.74. The summed E-state index contributed by atoms with van der Waals surface area (Å²) >= 11 is 0. The van der Waals surface area contributed by atoms with Crippen LogP contribution in [0.5, 0.6) is 0 Å². The fourth-order valence-electron chi connectivity index (χ4n) is 4.15. The molecule has 0 radical (unpaired) electrons. The molecule has 158 valence electrons. The van der Waals surface area contributed by atoms with E-state index in [0.29, 0.717) is 35.2 Å². The molecule has 1 fully saturated rings. The van der Waals surface area contributed by atoms with Crippen molar-refractivity contribution in [2.75, 3.05) is 28.8 Å². The molecule has 1 aliphatic heterocycles. The molecule has 3 N–H and O–H groups in total. The van der Waals surface area contributed by atoms with Crippen molar-refractivity contribution in [3.8, 4) is 0 Å². The molecule has 4 rings (SSSR count). The SMILES string of the molecule is CCN1C(=O)N(C)c2cnc(Nc3cc(C(N)=O)ccc3C)nc2N1C1CCCC1. The molecule has 1 saturated carbocycles. The molecule has 1 aromatic carbocycles. The van der Waals surface area contributed by atoms with Crippen molar-refractivity contribution < 1.29 is 9.59 Å². The zero-order valence-electron chi connectivity index (χ0n) is 17.6. The number of hydrogen-bond acceptors (Lipinski definition) is 6. The summed E-state index contributed by atoms with van der Waals surface area (Å²) in [5.41, 5.74) is 8.17. The summed E-state index contributed by atoms with van der Waals surface area (Å²) in [6.45, 7) is 4.46. The van der Waals surface area contributed by atoms with E-state index in [4.69, 9.17) is 10.7 Å². The van der Waals surface area contributed by atoms with E-state index in [1.165, 1.54) is 0 Å². The van der Waals surface area contributed by atoms with Crippen molar-refractivity contribution in [2.45, 2.75) is 45.6 Å². The maximum atomic E-state index is 12.9. The quantitative estimate of drug-likeness (QED) is 0.785. The fraction of sp³-hybridized carbons (Fsp3) is 0.429. The van der Waals surface area contributed by atoms with E-state index < -0.39 is 5.91 Å². The first-order valence-corrected chi connectivity index (χ1v) is 10.3. The van der Waals surface area contributed by atoms with Gasteiger partial charge in [0.2, 0.25) is 11.9 Å². The Morgan fingerprint density at radius 1 is 1.30 bits per heavy atom. The molecule has 1 aromatic heterocycles. The number of nitrogens with one attached hydrogen (secondary N) is 1. The highest BCUT2D eigenvalue weighted by atomic mass is 16.2. The highest BCUT2D eigenvalue weighted by molar-refractivity contribution is 5.98. The van der Waals surface area contributed by atoms with Crippen LogP contribution >= 0.6 is 0 Å². The lowest BCUT2D eigenvalue weighted by atomic mass is 10.1. The van der Waals surface area contributed by atoms with Gasteiger partial charge in [0.05, 0.1) is 12.2 Å². The lowest BCUT2D eigenvalue weighted by molar-refractivity contribution is 0.100.